The van der Waals surface area contributed by atoms with Crippen LogP contribution in [-0.4, -0.2) is 34.3 Å². The molecule has 1 aromatic heterocycles. The highest BCUT2D eigenvalue weighted by Crippen LogP contribution is 2.28. The minimum Gasteiger partial charge on any atom is -0.494 e. The van der Waals surface area contributed by atoms with Crippen molar-refractivity contribution in [1.82, 2.24) is 4.57 Å². The maximum Gasteiger partial charge on any atom is 0.294 e. The van der Waals surface area contributed by atoms with Gasteiger partial charge < -0.3 is 5.11 Å². The number of hydrogen-bond acceptors (Lipinski definition) is 7. The minimum absolute atomic E-state index is 0.0745. The average Bonchev–Trinajstić information content (AvgIpc) is 3.15. The molecule has 0 saturated carbocycles. The lowest BCUT2D eigenvalue weighted by atomic mass is 10.0. The molecule has 3 aromatic rings. The van der Waals surface area contributed by atoms with Crippen LogP contribution in [0, 0.1) is 18.3 Å². The molecule has 0 unspecified atom stereocenters. The fraction of sp³-hybridized carbons (Fsp3) is 0.0769. The van der Waals surface area contributed by atoms with E-state index in [4.69, 9.17) is 0 Å². The van der Waals surface area contributed by atoms with Crippen LogP contribution in [0.3, 0.4) is 0 Å². The van der Waals surface area contributed by atoms with Gasteiger partial charge in [0.1, 0.15) is 11.6 Å². The maximum atomic E-state index is 13.0. The molecule has 2 heterocycles. The van der Waals surface area contributed by atoms with Crippen molar-refractivity contribution in [2.45, 2.75) is 18.7 Å². The maximum absolute atomic E-state index is 13.0. The van der Waals surface area contributed by atoms with Crippen LogP contribution in [0.25, 0.3) is 11.8 Å². The van der Waals surface area contributed by atoms with Gasteiger partial charge in [-0.1, -0.05) is 30.3 Å². The first kappa shape index (κ1) is 25.3. The number of rotatable bonds is 5. The number of carbonyl (C=O) groups excluding carboxylic acids is 1. The third kappa shape index (κ3) is 4.71. The van der Waals surface area contributed by atoms with Crippen LogP contribution in [0.5, 0.6) is 5.88 Å². The molecule has 1 aliphatic heterocycles. The van der Waals surface area contributed by atoms with Gasteiger partial charge in [-0.2, -0.15) is 23.8 Å². The Morgan fingerprint density at radius 3 is 2.35 bits per heavy atom. The van der Waals surface area contributed by atoms with Gasteiger partial charge in [-0.15, -0.1) is 0 Å². The number of hydrogen-bond donors (Lipinski definition) is 2. The molecule has 2 aromatic carbocycles. The van der Waals surface area contributed by atoms with E-state index in [9.17, 15) is 32.9 Å². The van der Waals surface area contributed by atoms with Crippen LogP contribution in [0.4, 0.5) is 5.69 Å². The van der Waals surface area contributed by atoms with Crippen molar-refractivity contribution in [1.29, 1.82) is 5.26 Å². The lowest BCUT2D eigenvalue weighted by molar-refractivity contribution is -0.114. The van der Waals surface area contributed by atoms with Gasteiger partial charge in [-0.05, 0) is 61.9 Å². The number of anilines is 1. The van der Waals surface area contributed by atoms with Crippen LogP contribution in [0.1, 0.15) is 23.6 Å². The fourth-order valence-electron chi connectivity index (χ4n) is 3.84. The van der Waals surface area contributed by atoms with E-state index < -0.39 is 26.5 Å². The highest BCUT2D eigenvalue weighted by molar-refractivity contribution is 7.85. The highest BCUT2D eigenvalue weighted by atomic mass is 32.2. The summed E-state index contributed by atoms with van der Waals surface area (Å²) in [4.78, 5) is 25.4. The summed E-state index contributed by atoms with van der Waals surface area (Å²) in [6, 6.07) is 15.4. The molecule has 10 nitrogen and oxygen atoms in total. The molecule has 0 fully saturated rings. The first-order valence-electron chi connectivity index (χ1n) is 10.8. The molecule has 11 heteroatoms. The van der Waals surface area contributed by atoms with E-state index in [-0.39, 0.29) is 28.3 Å². The smallest absolute Gasteiger partial charge is 0.294 e. The fourth-order valence-corrected chi connectivity index (χ4v) is 4.36. The zero-order chi connectivity index (χ0) is 26.9. The largest absolute Gasteiger partial charge is 0.494 e. The number of aromatic hydroxyl groups is 1. The Bertz CT molecular complexity index is 1730. The summed E-state index contributed by atoms with van der Waals surface area (Å²) < 4.78 is 33.3. The number of para-hydroxylation sites is 1. The van der Waals surface area contributed by atoms with E-state index >= 15 is 0 Å². The Morgan fingerprint density at radius 1 is 1.03 bits per heavy atom. The minimum atomic E-state index is -4.58. The van der Waals surface area contributed by atoms with E-state index in [0.29, 0.717) is 17.0 Å². The second-order valence-electron chi connectivity index (χ2n) is 8.04. The summed E-state index contributed by atoms with van der Waals surface area (Å²) >= 11 is 0. The van der Waals surface area contributed by atoms with Crippen molar-refractivity contribution in [3.63, 3.8) is 0 Å². The Labute approximate surface area is 212 Å². The van der Waals surface area contributed by atoms with Crippen LogP contribution in [0.15, 0.2) is 87.1 Å². The number of benzene rings is 2. The normalized spacial score (nSPS) is 14.9. The van der Waals surface area contributed by atoms with Crippen molar-refractivity contribution < 1.29 is 22.9 Å². The molecule has 0 aliphatic carbocycles. The Hall–Kier alpha value is -4.79. The van der Waals surface area contributed by atoms with Gasteiger partial charge in [0.15, 0.2) is 0 Å². The molecule has 0 bridgehead atoms. The van der Waals surface area contributed by atoms with Crippen LogP contribution >= 0.6 is 0 Å². The molecule has 4 rings (SSSR count). The zero-order valence-corrected chi connectivity index (χ0v) is 20.5. The Morgan fingerprint density at radius 2 is 1.70 bits per heavy atom. The average molecular weight is 517 g/mol. The third-order valence-electron chi connectivity index (χ3n) is 5.72. The predicted molar refractivity (Wildman–Crippen MR) is 137 cm³/mol. The predicted octanol–water partition coefficient (Wildman–Crippen LogP) is 3.33. The van der Waals surface area contributed by atoms with Gasteiger partial charge in [0.2, 0.25) is 5.88 Å². The summed E-state index contributed by atoms with van der Waals surface area (Å²) in [6.07, 6.45) is 4.41. The van der Waals surface area contributed by atoms with Crippen molar-refractivity contribution in [3.05, 3.63) is 99.4 Å². The van der Waals surface area contributed by atoms with E-state index in [1.54, 1.807) is 31.2 Å². The second-order valence-corrected chi connectivity index (χ2v) is 9.46. The zero-order valence-electron chi connectivity index (χ0n) is 19.7. The van der Waals surface area contributed by atoms with Crippen molar-refractivity contribution in [3.8, 4) is 17.6 Å². The summed E-state index contributed by atoms with van der Waals surface area (Å²) in [5, 5.41) is 26.1. The summed E-state index contributed by atoms with van der Waals surface area (Å²) in [5.74, 6) is -0.906. The molecule has 0 radical (unpaired) electrons. The quantitative estimate of drug-likeness (QED) is 0.389. The molecule has 0 spiro atoms. The number of nitriles is 1. The number of carbonyl (C=O) groups is 1. The summed E-state index contributed by atoms with van der Waals surface area (Å²) in [6.45, 7) is 3.16. The monoisotopic (exact) mass is 516 g/mol. The van der Waals surface area contributed by atoms with Gasteiger partial charge in [0, 0.05) is 5.56 Å². The number of nitrogens with zero attached hydrogens (tertiary/aromatic N) is 4. The lowest BCUT2D eigenvalue weighted by Gasteiger charge is -2.14. The lowest BCUT2D eigenvalue weighted by Crippen LogP contribution is -2.23. The Balaban J connectivity index is 1.79. The topological polar surface area (TPSA) is 153 Å². The van der Waals surface area contributed by atoms with Gasteiger partial charge in [-0.25, -0.2) is 4.57 Å². The van der Waals surface area contributed by atoms with Crippen LogP contribution in [0.2, 0.25) is 0 Å². The van der Waals surface area contributed by atoms with Crippen molar-refractivity contribution in [2.24, 2.45) is 5.10 Å². The standard InChI is InChI=1S/C26H20N4O6S/c1-16-21(12-7-13-22-17(2)28-30(26(22)33)18-8-4-3-5-9-18)24(31)29(25(32)23(16)15-27)19-10-6-11-20(14-19)37(34,35)36/h3-14,31H,1-2H3,(H,34,35,36). The SMILES string of the molecule is CC1=NN(c2ccccc2)C(=O)C1=CC=Cc1c(C)c(C#N)c(=O)n(-c2cccc(S(=O)(=O)O)c2)c1O. The van der Waals surface area contributed by atoms with Crippen molar-refractivity contribution in [2.75, 3.05) is 5.01 Å². The molecule has 0 saturated heterocycles. The number of aromatic nitrogens is 1. The van der Waals surface area contributed by atoms with E-state index in [0.717, 1.165) is 16.7 Å². The van der Waals surface area contributed by atoms with Crippen LogP contribution in [-0.2, 0) is 14.9 Å². The summed E-state index contributed by atoms with van der Waals surface area (Å²) in [5.41, 5.74) is 0.470. The highest BCUT2D eigenvalue weighted by Gasteiger charge is 2.28. The number of amides is 1. The number of allylic oxidation sites excluding steroid dienone is 2. The van der Waals surface area contributed by atoms with Gasteiger partial charge in [0.25, 0.3) is 21.6 Å². The van der Waals surface area contributed by atoms with Gasteiger partial charge in [-0.3, -0.25) is 14.1 Å². The van der Waals surface area contributed by atoms with E-state index in [2.05, 4.69) is 5.10 Å². The second kappa shape index (κ2) is 9.69. The van der Waals surface area contributed by atoms with E-state index in [1.807, 2.05) is 12.1 Å². The molecular formula is C26H20N4O6S. The summed E-state index contributed by atoms with van der Waals surface area (Å²) in [7, 11) is -4.58. The molecule has 1 aliphatic rings. The number of hydrazone groups is 1. The first-order chi connectivity index (χ1) is 17.5. The molecular weight excluding hydrogens is 496 g/mol. The molecule has 2 N–H and O–H groups in total. The molecule has 37 heavy (non-hydrogen) atoms. The van der Waals surface area contributed by atoms with E-state index in [1.165, 1.54) is 42.3 Å². The molecule has 1 amide bonds. The molecule has 186 valence electrons. The Kier molecular flexibility index (Phi) is 6.63. The number of pyridine rings is 1. The first-order valence-corrected chi connectivity index (χ1v) is 12.3. The van der Waals surface area contributed by atoms with Crippen molar-refractivity contribution >= 4 is 33.5 Å². The van der Waals surface area contributed by atoms with Gasteiger partial charge in [0.05, 0.1) is 27.6 Å². The molecule has 0 atom stereocenters. The third-order valence-corrected chi connectivity index (χ3v) is 6.57. The van der Waals surface area contributed by atoms with Crippen LogP contribution < -0.4 is 10.6 Å². The van der Waals surface area contributed by atoms with Gasteiger partial charge >= 0.3 is 0 Å².